The van der Waals surface area contributed by atoms with Gasteiger partial charge in [-0.2, -0.15) is 0 Å². The van der Waals surface area contributed by atoms with Gasteiger partial charge in [0.05, 0.1) is 13.2 Å². The molecule has 0 fully saturated rings. The van der Waals surface area contributed by atoms with Crippen LogP contribution in [0, 0.1) is 0 Å². The van der Waals surface area contributed by atoms with Crippen molar-refractivity contribution in [1.29, 1.82) is 0 Å². The number of likely N-dealkylation sites (N-methyl/N-ethyl adjacent to an activating group) is 1. The number of ether oxygens (including phenoxy) is 2. The Bertz CT molecular complexity index is 530. The zero-order valence-electron chi connectivity index (χ0n) is 14.0. The molecule has 0 atom stereocenters. The molecule has 0 radical (unpaired) electrons. The Balaban J connectivity index is 2.96. The molecule has 0 saturated carbocycles. The highest BCUT2D eigenvalue weighted by atomic mass is 16.5. The van der Waals surface area contributed by atoms with E-state index in [1.54, 1.807) is 25.1 Å². The predicted octanol–water partition coefficient (Wildman–Crippen LogP) is 2.81. The Kier molecular flexibility index (Phi) is 7.94. The van der Waals surface area contributed by atoms with Crippen molar-refractivity contribution < 1.29 is 24.2 Å². The van der Waals surface area contributed by atoms with Crippen LogP contribution in [0.15, 0.2) is 18.2 Å². The number of benzene rings is 1. The molecule has 1 N–H and O–H groups in total. The van der Waals surface area contributed by atoms with Crippen LogP contribution in [0.1, 0.15) is 44.0 Å². The monoisotopic (exact) mass is 323 g/mol. The number of nitrogens with zero attached hydrogens (tertiary/aromatic N) is 1. The largest absolute Gasteiger partial charge is 0.490 e. The van der Waals surface area contributed by atoms with Gasteiger partial charge in [0.1, 0.15) is 6.54 Å². The van der Waals surface area contributed by atoms with Crippen molar-refractivity contribution in [1.82, 2.24) is 4.90 Å². The number of carbonyl (C=O) groups excluding carboxylic acids is 1. The average Bonchev–Trinajstić information content (AvgIpc) is 2.53. The lowest BCUT2D eigenvalue weighted by Crippen LogP contribution is -2.35. The molecule has 1 aromatic carbocycles. The topological polar surface area (TPSA) is 76.1 Å². The minimum Gasteiger partial charge on any atom is -0.490 e. The minimum atomic E-state index is -1.04. The molecule has 0 unspecified atom stereocenters. The first kappa shape index (κ1) is 18.8. The van der Waals surface area contributed by atoms with Crippen molar-refractivity contribution in [3.63, 3.8) is 0 Å². The Labute approximate surface area is 137 Å². The zero-order chi connectivity index (χ0) is 17.2. The Morgan fingerprint density at radius 1 is 1.13 bits per heavy atom. The smallest absolute Gasteiger partial charge is 0.323 e. The summed E-state index contributed by atoms with van der Waals surface area (Å²) in [7, 11) is 0. The van der Waals surface area contributed by atoms with Crippen molar-refractivity contribution in [2.75, 3.05) is 26.3 Å². The lowest BCUT2D eigenvalue weighted by atomic mass is 10.1. The van der Waals surface area contributed by atoms with Gasteiger partial charge >= 0.3 is 5.97 Å². The molecule has 0 spiro atoms. The van der Waals surface area contributed by atoms with Gasteiger partial charge in [-0.3, -0.25) is 9.59 Å². The van der Waals surface area contributed by atoms with E-state index in [0.29, 0.717) is 36.8 Å². The standard InChI is InChI=1S/C17H25NO5/c1-4-7-10-23-14-9-8-13(11-15(14)22-6-3)17(21)18(5-2)12-16(19)20/h8-9,11H,4-7,10,12H2,1-3H3,(H,19,20). The maximum absolute atomic E-state index is 12.4. The second kappa shape index (κ2) is 9.71. The molecule has 0 aromatic heterocycles. The number of amides is 1. The van der Waals surface area contributed by atoms with E-state index in [-0.39, 0.29) is 12.5 Å². The first-order valence-corrected chi connectivity index (χ1v) is 7.94. The van der Waals surface area contributed by atoms with Crippen molar-refractivity contribution in [2.45, 2.75) is 33.6 Å². The molecule has 0 aliphatic heterocycles. The molecular weight excluding hydrogens is 298 g/mol. The molecule has 1 aromatic rings. The fourth-order valence-electron chi connectivity index (χ4n) is 2.03. The summed E-state index contributed by atoms with van der Waals surface area (Å²) in [4.78, 5) is 24.5. The Morgan fingerprint density at radius 3 is 2.43 bits per heavy atom. The van der Waals surface area contributed by atoms with Gasteiger partial charge in [-0.05, 0) is 38.5 Å². The number of unbranched alkanes of at least 4 members (excludes halogenated alkanes) is 1. The van der Waals surface area contributed by atoms with Crippen LogP contribution in [-0.2, 0) is 4.79 Å². The number of aliphatic carboxylic acids is 1. The van der Waals surface area contributed by atoms with Crippen LogP contribution in [0.5, 0.6) is 11.5 Å². The number of carbonyl (C=O) groups is 2. The second-order valence-electron chi connectivity index (χ2n) is 5.01. The molecule has 0 bridgehead atoms. The highest BCUT2D eigenvalue weighted by Gasteiger charge is 2.19. The number of hydrogen-bond acceptors (Lipinski definition) is 4. The third-order valence-electron chi connectivity index (χ3n) is 3.24. The van der Waals surface area contributed by atoms with E-state index in [4.69, 9.17) is 14.6 Å². The van der Waals surface area contributed by atoms with E-state index < -0.39 is 5.97 Å². The molecule has 0 heterocycles. The van der Waals surface area contributed by atoms with E-state index >= 15 is 0 Å². The van der Waals surface area contributed by atoms with Crippen molar-refractivity contribution in [3.05, 3.63) is 23.8 Å². The minimum absolute atomic E-state index is 0.323. The summed E-state index contributed by atoms with van der Waals surface area (Å²) in [6, 6.07) is 4.94. The van der Waals surface area contributed by atoms with Gasteiger partial charge in [-0.25, -0.2) is 0 Å². The SMILES string of the molecule is CCCCOc1ccc(C(=O)N(CC)CC(=O)O)cc1OCC. The molecule has 0 aliphatic rings. The molecule has 128 valence electrons. The molecule has 0 saturated heterocycles. The highest BCUT2D eigenvalue weighted by Crippen LogP contribution is 2.29. The maximum atomic E-state index is 12.4. The summed E-state index contributed by atoms with van der Waals surface area (Å²) in [6.07, 6.45) is 1.97. The number of carboxylic acids is 1. The highest BCUT2D eigenvalue weighted by molar-refractivity contribution is 5.96. The third kappa shape index (κ3) is 5.81. The van der Waals surface area contributed by atoms with E-state index in [1.165, 1.54) is 4.90 Å². The fraction of sp³-hybridized carbons (Fsp3) is 0.529. The molecule has 23 heavy (non-hydrogen) atoms. The summed E-state index contributed by atoms with van der Waals surface area (Å²) in [5, 5.41) is 8.88. The van der Waals surface area contributed by atoms with Crippen molar-refractivity contribution in [3.8, 4) is 11.5 Å². The van der Waals surface area contributed by atoms with Crippen LogP contribution >= 0.6 is 0 Å². The van der Waals surface area contributed by atoms with Crippen LogP contribution in [0.3, 0.4) is 0 Å². The van der Waals surface area contributed by atoms with E-state index in [0.717, 1.165) is 12.8 Å². The predicted molar refractivity (Wildman–Crippen MR) is 87.2 cm³/mol. The van der Waals surface area contributed by atoms with E-state index in [2.05, 4.69) is 6.92 Å². The van der Waals surface area contributed by atoms with Gasteiger partial charge in [-0.1, -0.05) is 13.3 Å². The Morgan fingerprint density at radius 2 is 1.87 bits per heavy atom. The van der Waals surface area contributed by atoms with Gasteiger partial charge in [-0.15, -0.1) is 0 Å². The number of carboxylic acid groups (broad SMARTS) is 1. The molecule has 0 aliphatic carbocycles. The first-order chi connectivity index (χ1) is 11.0. The van der Waals surface area contributed by atoms with Crippen LogP contribution in [0.2, 0.25) is 0 Å². The zero-order valence-corrected chi connectivity index (χ0v) is 14.0. The summed E-state index contributed by atoms with van der Waals surface area (Å²) in [5.41, 5.74) is 0.388. The third-order valence-corrected chi connectivity index (χ3v) is 3.24. The number of hydrogen-bond donors (Lipinski definition) is 1. The van der Waals surface area contributed by atoms with Gasteiger partial charge in [0, 0.05) is 12.1 Å². The Hall–Kier alpha value is -2.24. The van der Waals surface area contributed by atoms with Crippen molar-refractivity contribution in [2.24, 2.45) is 0 Å². The molecule has 1 rings (SSSR count). The van der Waals surface area contributed by atoms with Gasteiger partial charge in [0.2, 0.25) is 0 Å². The van der Waals surface area contributed by atoms with Crippen LogP contribution in [0.25, 0.3) is 0 Å². The number of rotatable bonds is 10. The summed E-state index contributed by atoms with van der Waals surface area (Å²) < 4.78 is 11.2. The second-order valence-corrected chi connectivity index (χ2v) is 5.01. The van der Waals surface area contributed by atoms with Gasteiger partial charge in [0.15, 0.2) is 11.5 Å². The average molecular weight is 323 g/mol. The lowest BCUT2D eigenvalue weighted by molar-refractivity contribution is -0.137. The molecule has 1 amide bonds. The van der Waals surface area contributed by atoms with Crippen molar-refractivity contribution >= 4 is 11.9 Å². The van der Waals surface area contributed by atoms with E-state index in [9.17, 15) is 9.59 Å². The van der Waals surface area contributed by atoms with Gasteiger partial charge in [0.25, 0.3) is 5.91 Å². The first-order valence-electron chi connectivity index (χ1n) is 7.94. The summed E-state index contributed by atoms with van der Waals surface area (Å²) in [6.45, 7) is 6.71. The fourth-order valence-corrected chi connectivity index (χ4v) is 2.03. The van der Waals surface area contributed by atoms with Gasteiger partial charge < -0.3 is 19.5 Å². The summed E-state index contributed by atoms with van der Waals surface area (Å²) >= 11 is 0. The van der Waals surface area contributed by atoms with E-state index in [1.807, 2.05) is 6.92 Å². The van der Waals surface area contributed by atoms with Crippen LogP contribution in [-0.4, -0.2) is 48.2 Å². The molecule has 6 heteroatoms. The quantitative estimate of drug-likeness (QED) is 0.670. The summed E-state index contributed by atoms with van der Waals surface area (Å²) in [5.74, 6) is -0.278. The molecule has 6 nitrogen and oxygen atoms in total. The normalized spacial score (nSPS) is 10.2. The molecular formula is C17H25NO5. The van der Waals surface area contributed by atoms with Crippen LogP contribution in [0.4, 0.5) is 0 Å². The van der Waals surface area contributed by atoms with Crippen LogP contribution < -0.4 is 9.47 Å². The lowest BCUT2D eigenvalue weighted by Gasteiger charge is -2.19. The maximum Gasteiger partial charge on any atom is 0.323 e.